The molecule has 24 heteroatoms. The Morgan fingerprint density at radius 3 is 1.33 bits per heavy atom. The Morgan fingerprint density at radius 2 is 0.976 bits per heavy atom. The van der Waals surface area contributed by atoms with Crippen molar-refractivity contribution >= 4 is 14.4 Å². The number of hydrogen-bond acceptors (Lipinski definition) is 3. The molecule has 1 amide bonds. The first-order valence-electron chi connectivity index (χ1n) is 10.8. The van der Waals surface area contributed by atoms with Crippen LogP contribution in [0.3, 0.4) is 0 Å². The minimum Gasteiger partial charge on any atom is -0.443 e. The van der Waals surface area contributed by atoms with E-state index in [4.69, 9.17) is 4.43 Å². The molecule has 0 rings (SSSR count). The van der Waals surface area contributed by atoms with Gasteiger partial charge in [0.15, 0.2) is 14.9 Å². The molecule has 0 fully saturated rings. The van der Waals surface area contributed by atoms with Gasteiger partial charge in [0.25, 0.3) is 0 Å². The summed E-state index contributed by atoms with van der Waals surface area (Å²) in [5.74, 6) is -67.6. The molecule has 42 heavy (non-hydrogen) atoms. The highest BCUT2D eigenvalue weighted by molar-refractivity contribution is 6.71. The van der Waals surface area contributed by atoms with Crippen molar-refractivity contribution in [3.05, 3.63) is 0 Å². The predicted octanol–water partition coefficient (Wildman–Crippen LogP) is 7.99. The number of carbonyl (C=O) groups excluding carboxylic acids is 1. The molecule has 0 atom stereocenters. The Labute approximate surface area is 224 Å². The number of carbonyl (C=O) groups is 1. The van der Waals surface area contributed by atoms with E-state index in [9.17, 15) is 88.2 Å². The van der Waals surface area contributed by atoms with Gasteiger partial charge in [-0.2, -0.15) is 83.4 Å². The highest BCUT2D eigenvalue weighted by Crippen LogP contribution is 2.65. The van der Waals surface area contributed by atoms with Gasteiger partial charge in [-0.25, -0.2) is 4.79 Å². The Morgan fingerprint density at radius 1 is 0.619 bits per heavy atom. The van der Waals surface area contributed by atoms with Gasteiger partial charge < -0.3 is 14.5 Å². The van der Waals surface area contributed by atoms with E-state index in [2.05, 4.69) is 4.74 Å². The van der Waals surface area contributed by atoms with Crippen LogP contribution in [-0.4, -0.2) is 87.7 Å². The van der Waals surface area contributed by atoms with Gasteiger partial charge >= 0.3 is 59.6 Å². The molecule has 0 aromatic carbocycles. The number of halogens is 19. The molecule has 0 spiro atoms. The van der Waals surface area contributed by atoms with Crippen molar-refractivity contribution in [1.29, 1.82) is 0 Å². The van der Waals surface area contributed by atoms with Gasteiger partial charge in [-0.1, -0.05) is 0 Å². The highest BCUT2D eigenvalue weighted by atomic mass is 28.4. The molecule has 0 bridgehead atoms. The molecule has 0 aliphatic carbocycles. The van der Waals surface area contributed by atoms with Gasteiger partial charge in [0.2, 0.25) is 0 Å². The molecule has 1 N–H and O–H groups in total. The van der Waals surface area contributed by atoms with Crippen LogP contribution in [0.15, 0.2) is 0 Å². The fourth-order valence-electron chi connectivity index (χ4n) is 2.86. The number of ether oxygens (including phenoxy) is 1. The second-order valence-corrected chi connectivity index (χ2v) is 13.3. The summed E-state index contributed by atoms with van der Waals surface area (Å²) in [7, 11) is -2.27. The maximum Gasteiger partial charge on any atom is 0.460 e. The number of alkyl carbamates (subject to hydrolysis) is 1. The summed E-state index contributed by atoms with van der Waals surface area (Å²) in [6.07, 6.45) is -10.0. The van der Waals surface area contributed by atoms with E-state index >= 15 is 0 Å². The fraction of sp³-hybridized carbons (Fsp3) is 0.944. The molecule has 0 heterocycles. The molecule has 0 aliphatic rings. The number of amides is 1. The average molecular weight is 687 g/mol. The fourth-order valence-corrected chi connectivity index (χ4v) is 4.81. The number of nitrogens with one attached hydrogen (secondary N) is 1. The van der Waals surface area contributed by atoms with Crippen molar-refractivity contribution in [2.24, 2.45) is 0 Å². The van der Waals surface area contributed by atoms with E-state index in [0.29, 0.717) is 0 Å². The molecule has 0 saturated carbocycles. The lowest BCUT2D eigenvalue weighted by atomic mass is 9.87. The van der Waals surface area contributed by atoms with Crippen molar-refractivity contribution < 1.29 is 97.4 Å². The quantitative estimate of drug-likeness (QED) is 0.108. The van der Waals surface area contributed by atoms with Crippen molar-refractivity contribution in [2.45, 2.75) is 86.0 Å². The topological polar surface area (TPSA) is 47.6 Å². The van der Waals surface area contributed by atoms with Crippen LogP contribution in [0.1, 0.15) is 13.3 Å². The molecule has 0 aromatic heterocycles. The van der Waals surface area contributed by atoms with E-state index < -0.39 is 81.1 Å². The van der Waals surface area contributed by atoms with Crippen LogP contribution in [0.25, 0.3) is 0 Å². The van der Waals surface area contributed by atoms with Gasteiger partial charge in [-0.3, -0.25) is 0 Å². The monoisotopic (exact) mass is 687 g/mol. The zero-order chi connectivity index (χ0) is 34.2. The Balaban J connectivity index is 6.06. The van der Waals surface area contributed by atoms with E-state index in [1.165, 1.54) is 0 Å². The molecular weight excluding hydrogens is 667 g/mol. The van der Waals surface area contributed by atoms with E-state index in [-0.39, 0.29) is 19.1 Å². The van der Waals surface area contributed by atoms with Crippen LogP contribution in [-0.2, 0) is 9.16 Å². The number of alkyl halides is 19. The third-order valence-corrected chi connectivity index (χ3v) is 7.95. The molecule has 0 radical (unpaired) electrons. The van der Waals surface area contributed by atoms with Crippen molar-refractivity contribution in [3.63, 3.8) is 0 Å². The van der Waals surface area contributed by atoms with Crippen LogP contribution in [0.4, 0.5) is 88.2 Å². The van der Waals surface area contributed by atoms with Gasteiger partial charge in [0.1, 0.15) is 0 Å². The molecule has 4 nitrogen and oxygen atoms in total. The highest BCUT2D eigenvalue weighted by Gasteiger charge is 2.96. The summed E-state index contributed by atoms with van der Waals surface area (Å²) >= 11 is 0. The third kappa shape index (κ3) is 6.76. The van der Waals surface area contributed by atoms with E-state index in [0.717, 1.165) is 0 Å². The molecule has 0 unspecified atom stereocenters. The third-order valence-electron chi connectivity index (χ3n) is 5.33. The minimum absolute atomic E-state index is 0.0203. The lowest BCUT2D eigenvalue weighted by Crippen LogP contribution is -2.76. The molecule has 0 aromatic rings. The average Bonchev–Trinajstić information content (AvgIpc) is 2.78. The maximum atomic E-state index is 13.8. The number of hydrogen-bond donors (Lipinski definition) is 1. The summed E-state index contributed by atoms with van der Waals surface area (Å²) in [5, 5.41) is 1.60. The standard InChI is InChI=1S/C18H20F19NO3Si/c1-4-41-42(2,3)7-5-6-38-9(39)40-8-10(19,20)11(21,22)12(23,24)13(25,26)14(27,28)15(29,30)16(31,32)17(33,34)18(35,36)37/h4-8H2,1-3H3,(H,38,39). The Bertz CT molecular complexity index is 935. The summed E-state index contributed by atoms with van der Waals surface area (Å²) in [5.41, 5.74) is 0. The molecule has 252 valence electrons. The lowest BCUT2D eigenvalue weighted by molar-refractivity contribution is -0.469. The van der Waals surface area contributed by atoms with Crippen LogP contribution in [0.5, 0.6) is 0 Å². The van der Waals surface area contributed by atoms with E-state index in [1.807, 2.05) is 0 Å². The van der Waals surface area contributed by atoms with Crippen molar-refractivity contribution in [1.82, 2.24) is 5.32 Å². The van der Waals surface area contributed by atoms with Crippen LogP contribution >= 0.6 is 0 Å². The van der Waals surface area contributed by atoms with Gasteiger partial charge in [0.05, 0.1) is 0 Å². The Hall–Kier alpha value is -1.88. The zero-order valence-corrected chi connectivity index (χ0v) is 21.9. The molecule has 0 saturated heterocycles. The second-order valence-electron chi connectivity index (χ2n) is 9.02. The zero-order valence-electron chi connectivity index (χ0n) is 20.9. The SMILES string of the molecule is CCO[Si](C)(C)CCCNC(=O)OCC(F)(F)C(F)(F)C(F)(F)C(F)(F)C(F)(F)C(F)(F)C(F)(F)C(F)(F)C(F)(F)F. The first-order valence-corrected chi connectivity index (χ1v) is 13.9. The maximum absolute atomic E-state index is 13.8. The predicted molar refractivity (Wildman–Crippen MR) is 104 cm³/mol. The first-order chi connectivity index (χ1) is 18.2. The molecule has 0 aliphatic heterocycles. The Kier molecular flexibility index (Phi) is 11.4. The number of rotatable bonds is 15. The van der Waals surface area contributed by atoms with Crippen molar-refractivity contribution in [2.75, 3.05) is 19.8 Å². The summed E-state index contributed by atoms with van der Waals surface area (Å²) < 4.78 is 261. The second kappa shape index (κ2) is 11.9. The molecular formula is C18H20F19NO3Si. The van der Waals surface area contributed by atoms with Crippen molar-refractivity contribution in [3.8, 4) is 0 Å². The summed E-state index contributed by atoms with van der Waals surface area (Å²) in [4.78, 5) is 11.4. The minimum atomic E-state index is -9.00. The van der Waals surface area contributed by atoms with Crippen LogP contribution in [0.2, 0.25) is 19.1 Å². The first kappa shape index (κ1) is 40.1. The smallest absolute Gasteiger partial charge is 0.443 e. The van der Waals surface area contributed by atoms with E-state index in [1.54, 1.807) is 25.3 Å². The summed E-state index contributed by atoms with van der Waals surface area (Å²) in [6, 6.07) is 0.281. The summed E-state index contributed by atoms with van der Waals surface area (Å²) in [6.45, 7) is 1.45. The van der Waals surface area contributed by atoms with Crippen LogP contribution in [0, 0.1) is 0 Å². The van der Waals surface area contributed by atoms with Gasteiger partial charge in [0, 0.05) is 13.2 Å². The van der Waals surface area contributed by atoms with Gasteiger partial charge in [-0.05, 0) is 32.5 Å². The lowest BCUT2D eigenvalue weighted by Gasteiger charge is -2.43. The largest absolute Gasteiger partial charge is 0.460 e. The van der Waals surface area contributed by atoms with Gasteiger partial charge in [-0.15, -0.1) is 0 Å². The van der Waals surface area contributed by atoms with Crippen LogP contribution < -0.4 is 5.32 Å². The normalized spacial score (nSPS) is 15.6.